The maximum Gasteiger partial charge on any atom is 0.401 e. The summed E-state index contributed by atoms with van der Waals surface area (Å²) in [4.78, 5) is 1.36. The van der Waals surface area contributed by atoms with Crippen molar-refractivity contribution in [3.63, 3.8) is 0 Å². The fraction of sp³-hybridized carbons (Fsp3) is 0.889. The molecule has 1 saturated heterocycles. The van der Waals surface area contributed by atoms with Gasteiger partial charge in [0.1, 0.15) is 0 Å². The van der Waals surface area contributed by atoms with Crippen molar-refractivity contribution >= 4 is 0 Å². The fourth-order valence-corrected chi connectivity index (χ4v) is 1.29. The fourth-order valence-electron chi connectivity index (χ4n) is 1.29. The Hall–Kier alpha value is 0.334. The van der Waals surface area contributed by atoms with E-state index in [0.29, 0.717) is 6.54 Å². The first-order chi connectivity index (χ1) is 6.02. The second-order valence-corrected chi connectivity index (χ2v) is 2.85. The van der Waals surface area contributed by atoms with E-state index in [1.165, 1.54) is 11.9 Å². The van der Waals surface area contributed by atoms with Gasteiger partial charge >= 0.3 is 6.18 Å². The van der Waals surface area contributed by atoms with Crippen molar-refractivity contribution in [3.05, 3.63) is 6.42 Å². The number of piperidine rings is 1. The molecule has 0 amide bonds. The molecule has 1 atom stereocenters. The number of alkyl halides is 3. The molecule has 1 fully saturated rings. The van der Waals surface area contributed by atoms with Crippen molar-refractivity contribution in [3.8, 4) is 0 Å². The quantitative estimate of drug-likeness (QED) is 0.595. The van der Waals surface area contributed by atoms with Crippen molar-refractivity contribution in [2.75, 3.05) is 13.6 Å². The summed E-state index contributed by atoms with van der Waals surface area (Å²) in [5.41, 5.74) is 0. The van der Waals surface area contributed by atoms with Gasteiger partial charge in [0.25, 0.3) is 0 Å². The van der Waals surface area contributed by atoms with Crippen LogP contribution in [0.25, 0.3) is 0 Å². The average molecular weight is 247 g/mol. The standard InChI is InChI=1S/C7H11F3N.C2H6.V/c1-11-5-3-2-4-6(11)7(8,9)10;1-2;/h2,6H,3-5H2,1H3;1-2H3;/q-1;;. The Morgan fingerprint density at radius 2 is 1.79 bits per heavy atom. The molecule has 1 aliphatic rings. The zero-order chi connectivity index (χ0) is 10.5. The topological polar surface area (TPSA) is 3.24 Å². The minimum absolute atomic E-state index is 0. The molecule has 0 aliphatic carbocycles. The van der Waals surface area contributed by atoms with Crippen LogP contribution in [-0.4, -0.2) is 30.7 Å². The van der Waals surface area contributed by atoms with Gasteiger partial charge in [-0.05, 0) is 13.6 Å². The molecule has 85 valence electrons. The zero-order valence-electron chi connectivity index (χ0n) is 8.80. The molecule has 1 radical (unpaired) electrons. The summed E-state index contributed by atoms with van der Waals surface area (Å²) in [7, 11) is 1.52. The van der Waals surface area contributed by atoms with E-state index in [-0.39, 0.29) is 25.0 Å². The normalized spacial score (nSPS) is 23.1. The van der Waals surface area contributed by atoms with Crippen LogP contribution < -0.4 is 0 Å². The third kappa shape index (κ3) is 5.27. The van der Waals surface area contributed by atoms with Gasteiger partial charge in [0.05, 0.1) is 6.04 Å². The van der Waals surface area contributed by atoms with Crippen LogP contribution in [0.2, 0.25) is 0 Å². The maximum atomic E-state index is 12.1. The van der Waals surface area contributed by atoms with Gasteiger partial charge in [-0.25, -0.2) is 0 Å². The molecule has 1 rings (SSSR count). The predicted octanol–water partition coefficient (Wildman–Crippen LogP) is 2.87. The number of nitrogens with zero attached hydrogens (tertiary/aromatic N) is 1. The summed E-state index contributed by atoms with van der Waals surface area (Å²) in [6.07, 6.45) is -1.45. The molecular weight excluding hydrogens is 230 g/mol. The maximum absolute atomic E-state index is 12.1. The van der Waals surface area contributed by atoms with Crippen LogP contribution in [0.4, 0.5) is 13.2 Å². The largest absolute Gasteiger partial charge is 0.401 e. The van der Waals surface area contributed by atoms with Crippen molar-refractivity contribution in [1.29, 1.82) is 0 Å². The van der Waals surface area contributed by atoms with Crippen molar-refractivity contribution in [2.24, 2.45) is 0 Å². The van der Waals surface area contributed by atoms with Crippen molar-refractivity contribution in [2.45, 2.75) is 38.9 Å². The van der Waals surface area contributed by atoms with Gasteiger partial charge in [0, 0.05) is 18.6 Å². The molecule has 1 nitrogen and oxygen atoms in total. The first-order valence-corrected chi connectivity index (χ1v) is 4.60. The predicted molar refractivity (Wildman–Crippen MR) is 47.4 cm³/mol. The summed E-state index contributed by atoms with van der Waals surface area (Å²) in [6, 6.07) is -1.25. The van der Waals surface area contributed by atoms with E-state index in [0.717, 1.165) is 6.42 Å². The molecule has 0 bridgehead atoms. The molecule has 1 aliphatic heterocycles. The van der Waals surface area contributed by atoms with Crippen LogP contribution in [0, 0.1) is 6.42 Å². The van der Waals surface area contributed by atoms with E-state index < -0.39 is 12.2 Å². The molecule has 0 aromatic carbocycles. The van der Waals surface area contributed by atoms with Crippen LogP contribution in [0.5, 0.6) is 0 Å². The Kier molecular flexibility index (Phi) is 9.10. The number of hydrogen-bond donors (Lipinski definition) is 0. The number of hydrogen-bond acceptors (Lipinski definition) is 1. The number of likely N-dealkylation sites (tertiary alicyclic amines) is 1. The Bertz CT molecular complexity index is 139. The van der Waals surface area contributed by atoms with Crippen LogP contribution in [0.3, 0.4) is 0 Å². The smallest absolute Gasteiger partial charge is 0.325 e. The SMILES string of the molecule is CC.CN1CC[CH-]CC1C(F)(F)F.[V]. The molecular formula is C9H17F3NV-. The van der Waals surface area contributed by atoms with Gasteiger partial charge in [-0.2, -0.15) is 26.0 Å². The first kappa shape index (κ1) is 16.8. The minimum Gasteiger partial charge on any atom is -0.325 e. The Balaban J connectivity index is 0. The van der Waals surface area contributed by atoms with Gasteiger partial charge in [0.15, 0.2) is 0 Å². The third-order valence-electron chi connectivity index (χ3n) is 1.99. The number of rotatable bonds is 0. The summed E-state index contributed by atoms with van der Waals surface area (Å²) >= 11 is 0. The first-order valence-electron chi connectivity index (χ1n) is 4.60. The van der Waals surface area contributed by atoms with Crippen LogP contribution in [-0.2, 0) is 18.6 Å². The van der Waals surface area contributed by atoms with E-state index in [2.05, 4.69) is 0 Å². The summed E-state index contributed by atoms with van der Waals surface area (Å²) in [5, 5.41) is 0. The average Bonchev–Trinajstić information content (AvgIpc) is 2.07. The summed E-state index contributed by atoms with van der Waals surface area (Å²) < 4.78 is 36.4. The molecule has 0 saturated carbocycles. The summed E-state index contributed by atoms with van der Waals surface area (Å²) in [5.74, 6) is 0. The Morgan fingerprint density at radius 1 is 1.29 bits per heavy atom. The molecule has 1 unspecified atom stereocenters. The molecule has 0 spiro atoms. The van der Waals surface area contributed by atoms with Crippen LogP contribution in [0.15, 0.2) is 0 Å². The second kappa shape index (κ2) is 7.60. The van der Waals surface area contributed by atoms with Crippen molar-refractivity contribution < 1.29 is 31.7 Å². The monoisotopic (exact) mass is 247 g/mol. The summed E-state index contributed by atoms with van der Waals surface area (Å²) in [6.45, 7) is 4.52. The van der Waals surface area contributed by atoms with E-state index in [1.807, 2.05) is 13.8 Å². The van der Waals surface area contributed by atoms with E-state index in [4.69, 9.17) is 0 Å². The van der Waals surface area contributed by atoms with E-state index >= 15 is 0 Å². The Morgan fingerprint density at radius 3 is 2.07 bits per heavy atom. The third-order valence-corrected chi connectivity index (χ3v) is 1.99. The van der Waals surface area contributed by atoms with Gasteiger partial charge in [-0.1, -0.05) is 13.8 Å². The van der Waals surface area contributed by atoms with Gasteiger partial charge in [0.2, 0.25) is 0 Å². The second-order valence-electron chi connectivity index (χ2n) is 2.85. The molecule has 0 aromatic heterocycles. The van der Waals surface area contributed by atoms with Crippen molar-refractivity contribution in [1.82, 2.24) is 4.90 Å². The van der Waals surface area contributed by atoms with E-state index in [9.17, 15) is 13.2 Å². The molecule has 14 heavy (non-hydrogen) atoms. The Labute approximate surface area is 95.9 Å². The molecule has 5 heteroatoms. The number of halogens is 3. The molecule has 0 aromatic rings. The zero-order valence-corrected chi connectivity index (χ0v) is 10.2. The van der Waals surface area contributed by atoms with Gasteiger partial charge in [-0.15, -0.1) is 0 Å². The molecule has 1 heterocycles. The molecule has 0 N–H and O–H groups in total. The minimum atomic E-state index is -4.06. The van der Waals surface area contributed by atoms with Gasteiger partial charge in [-0.3, -0.25) is 0 Å². The van der Waals surface area contributed by atoms with Crippen LogP contribution in [0.1, 0.15) is 26.7 Å². The van der Waals surface area contributed by atoms with Gasteiger partial charge < -0.3 is 11.3 Å². The van der Waals surface area contributed by atoms with Crippen LogP contribution >= 0.6 is 0 Å². The van der Waals surface area contributed by atoms with E-state index in [1.54, 1.807) is 6.42 Å².